The molecule has 21 heavy (non-hydrogen) atoms. The lowest BCUT2D eigenvalue weighted by atomic mass is 10.1. The molecule has 0 atom stereocenters. The molecule has 0 fully saturated rings. The van der Waals surface area contributed by atoms with E-state index in [1.807, 2.05) is 45.9 Å². The number of carbonyl (C=O) groups is 2. The highest BCUT2D eigenvalue weighted by atomic mass is 16.6. The van der Waals surface area contributed by atoms with Crippen LogP contribution < -0.4 is 5.73 Å². The maximum absolute atomic E-state index is 11.5. The van der Waals surface area contributed by atoms with Crippen LogP contribution in [0.25, 0.3) is 0 Å². The molecule has 0 saturated heterocycles. The highest BCUT2D eigenvalue weighted by Gasteiger charge is 2.16. The van der Waals surface area contributed by atoms with Crippen molar-refractivity contribution in [2.45, 2.75) is 39.7 Å². The Labute approximate surface area is 128 Å². The molecule has 0 saturated carbocycles. The number of nitrogens with two attached hydrogens (primary N) is 1. The largest absolute Gasteiger partial charge is 0.460 e. The van der Waals surface area contributed by atoms with Crippen molar-refractivity contribution in [2.24, 2.45) is 5.73 Å². The minimum Gasteiger partial charge on any atom is -0.460 e. The number of ether oxygens (including phenoxy) is 1. The first-order valence-corrected chi connectivity index (χ1v) is 6.66. The third-order valence-electron chi connectivity index (χ3n) is 1.92. The van der Waals surface area contributed by atoms with Crippen LogP contribution in [-0.2, 0) is 9.53 Å². The first kappa shape index (κ1) is 21.3. The number of allylic oxidation sites excluding steroid dienone is 4. The van der Waals surface area contributed by atoms with Gasteiger partial charge in [0.25, 0.3) is 0 Å². The minimum absolute atomic E-state index is 0.214. The van der Waals surface area contributed by atoms with Crippen molar-refractivity contribution in [3.63, 3.8) is 0 Å². The average Bonchev–Trinajstić information content (AvgIpc) is 2.27. The second-order valence-corrected chi connectivity index (χ2v) is 5.47. The Bertz CT molecular complexity index is 402. The van der Waals surface area contributed by atoms with Crippen LogP contribution in [0, 0.1) is 0 Å². The van der Waals surface area contributed by atoms with Gasteiger partial charge in [-0.3, -0.25) is 4.79 Å². The number of esters is 1. The number of primary amides is 1. The molecular weight excluding hydrogens is 268 g/mol. The van der Waals surface area contributed by atoms with Crippen LogP contribution in [0.4, 0.5) is 4.79 Å². The summed E-state index contributed by atoms with van der Waals surface area (Å²) in [5.74, 6) is -0.214. The molecule has 0 spiro atoms. The number of hydrogen-bond acceptors (Lipinski definition) is 3. The van der Waals surface area contributed by atoms with Gasteiger partial charge < -0.3 is 15.4 Å². The third kappa shape index (κ3) is 15.9. The van der Waals surface area contributed by atoms with Crippen LogP contribution in [0.1, 0.15) is 34.1 Å². The molecule has 0 rings (SSSR count). The van der Waals surface area contributed by atoms with Crippen molar-refractivity contribution in [2.75, 3.05) is 14.1 Å². The van der Waals surface area contributed by atoms with Gasteiger partial charge in [0, 0.05) is 14.1 Å². The van der Waals surface area contributed by atoms with Gasteiger partial charge in [0.1, 0.15) is 5.60 Å². The van der Waals surface area contributed by atoms with Gasteiger partial charge in [-0.25, -0.2) is 4.79 Å². The zero-order chi connectivity index (χ0) is 17.1. The molecule has 0 aliphatic heterocycles. The van der Waals surface area contributed by atoms with Crippen molar-refractivity contribution >= 4 is 12.0 Å². The molecule has 0 aliphatic rings. The van der Waals surface area contributed by atoms with Gasteiger partial charge in [0.2, 0.25) is 0 Å². The Balaban J connectivity index is 0. The molecule has 0 aromatic rings. The first-order valence-electron chi connectivity index (χ1n) is 6.66. The van der Waals surface area contributed by atoms with Crippen molar-refractivity contribution < 1.29 is 14.3 Å². The van der Waals surface area contributed by atoms with Crippen molar-refractivity contribution in [3.8, 4) is 0 Å². The summed E-state index contributed by atoms with van der Waals surface area (Å²) in [6, 6.07) is -0.407. The highest BCUT2D eigenvalue weighted by molar-refractivity contribution is 5.73. The van der Waals surface area contributed by atoms with Crippen molar-refractivity contribution in [1.29, 1.82) is 0 Å². The molecule has 0 aromatic carbocycles. The van der Waals surface area contributed by atoms with E-state index in [1.54, 1.807) is 20.2 Å². The summed E-state index contributed by atoms with van der Waals surface area (Å²) in [5, 5.41) is 0. The summed E-state index contributed by atoms with van der Waals surface area (Å²) < 4.78 is 5.21. The summed E-state index contributed by atoms with van der Waals surface area (Å²) in [7, 11) is 3.20. The van der Waals surface area contributed by atoms with Crippen LogP contribution in [0.5, 0.6) is 0 Å². The van der Waals surface area contributed by atoms with Gasteiger partial charge in [0.15, 0.2) is 0 Å². The van der Waals surface area contributed by atoms with E-state index in [0.29, 0.717) is 0 Å². The number of carbonyl (C=O) groups excluding carboxylic acids is 2. The fraction of sp³-hybridized carbons (Fsp3) is 0.500. The maximum atomic E-state index is 11.5. The zero-order valence-corrected chi connectivity index (χ0v) is 14.0. The molecule has 0 aliphatic carbocycles. The van der Waals surface area contributed by atoms with Crippen molar-refractivity contribution in [1.82, 2.24) is 4.90 Å². The van der Waals surface area contributed by atoms with E-state index in [-0.39, 0.29) is 12.4 Å². The van der Waals surface area contributed by atoms with Crippen molar-refractivity contribution in [3.05, 3.63) is 36.5 Å². The number of rotatable bonds is 4. The molecule has 0 unspecified atom stereocenters. The molecular formula is C16H28N2O3. The molecule has 5 heteroatoms. The number of hydrogen-bond donors (Lipinski definition) is 1. The number of nitrogens with zero attached hydrogens (tertiary/aromatic N) is 1. The van der Waals surface area contributed by atoms with Gasteiger partial charge in [0.05, 0.1) is 6.42 Å². The average molecular weight is 296 g/mol. The SMILES string of the molecule is C=C/C=C(\C=C/C)CC(=O)OC(C)(C)C.CN(C)C(N)=O. The monoisotopic (exact) mass is 296 g/mol. The second kappa shape index (κ2) is 10.7. The summed E-state index contributed by atoms with van der Waals surface area (Å²) in [4.78, 5) is 22.6. The molecule has 5 nitrogen and oxygen atoms in total. The Morgan fingerprint density at radius 1 is 1.29 bits per heavy atom. The first-order chi connectivity index (χ1) is 9.53. The van der Waals surface area contributed by atoms with Crippen LogP contribution in [-0.4, -0.2) is 36.6 Å². The molecule has 2 N–H and O–H groups in total. The molecule has 2 amide bonds. The van der Waals surface area contributed by atoms with E-state index in [2.05, 4.69) is 6.58 Å². The lowest BCUT2D eigenvalue weighted by Gasteiger charge is -2.19. The molecule has 0 aromatic heterocycles. The minimum atomic E-state index is -0.424. The normalized spacial score (nSPS) is 11.4. The van der Waals surface area contributed by atoms with Crippen LogP contribution >= 0.6 is 0 Å². The quantitative estimate of drug-likeness (QED) is 0.640. The Morgan fingerprint density at radius 3 is 2.05 bits per heavy atom. The summed E-state index contributed by atoms with van der Waals surface area (Å²) in [6.07, 6.45) is 7.53. The van der Waals surface area contributed by atoms with Gasteiger partial charge in [-0.15, -0.1) is 0 Å². The summed E-state index contributed by atoms with van der Waals surface area (Å²) in [6.45, 7) is 11.1. The van der Waals surface area contributed by atoms with Crippen LogP contribution in [0.3, 0.4) is 0 Å². The summed E-state index contributed by atoms with van der Waals surface area (Å²) >= 11 is 0. The lowest BCUT2D eigenvalue weighted by molar-refractivity contribution is -0.153. The zero-order valence-electron chi connectivity index (χ0n) is 14.0. The predicted octanol–water partition coefficient (Wildman–Crippen LogP) is 3.03. The van der Waals surface area contributed by atoms with Crippen LogP contribution in [0.2, 0.25) is 0 Å². The summed E-state index contributed by atoms with van der Waals surface area (Å²) in [5.41, 5.74) is 5.20. The van der Waals surface area contributed by atoms with Gasteiger partial charge in [-0.2, -0.15) is 0 Å². The molecule has 0 bridgehead atoms. The molecule has 0 radical (unpaired) electrons. The standard InChI is InChI=1S/C13H20O2.C3H8N2O/c1-6-8-11(9-7-2)10-12(14)15-13(3,4)5;1-5(2)3(4)6/h6-9H,1,10H2,2-5H3;1-2H3,(H2,4,6)/b9-7-,11-8+;. The predicted molar refractivity (Wildman–Crippen MR) is 86.8 cm³/mol. The highest BCUT2D eigenvalue weighted by Crippen LogP contribution is 2.12. The number of amides is 2. The number of urea groups is 1. The van der Waals surface area contributed by atoms with E-state index < -0.39 is 11.6 Å². The van der Waals surface area contributed by atoms with Gasteiger partial charge in [-0.05, 0) is 33.3 Å². The van der Waals surface area contributed by atoms with E-state index in [9.17, 15) is 9.59 Å². The Morgan fingerprint density at radius 2 is 1.76 bits per heavy atom. The topological polar surface area (TPSA) is 72.6 Å². The van der Waals surface area contributed by atoms with Crippen LogP contribution in [0.15, 0.2) is 36.5 Å². The van der Waals surface area contributed by atoms with E-state index in [1.165, 1.54) is 4.90 Å². The Kier molecular flexibility index (Phi) is 10.8. The van der Waals surface area contributed by atoms with Gasteiger partial charge in [-0.1, -0.05) is 30.9 Å². The molecule has 0 heterocycles. The smallest absolute Gasteiger partial charge is 0.314 e. The molecule has 120 valence electrons. The fourth-order valence-electron chi connectivity index (χ4n) is 1.08. The Hall–Kier alpha value is -2.04. The lowest BCUT2D eigenvalue weighted by Crippen LogP contribution is -2.27. The van der Waals surface area contributed by atoms with E-state index in [4.69, 9.17) is 10.5 Å². The second-order valence-electron chi connectivity index (χ2n) is 5.47. The maximum Gasteiger partial charge on any atom is 0.314 e. The fourth-order valence-corrected chi connectivity index (χ4v) is 1.08. The van der Waals surface area contributed by atoms with Gasteiger partial charge >= 0.3 is 12.0 Å². The third-order valence-corrected chi connectivity index (χ3v) is 1.92. The van der Waals surface area contributed by atoms with E-state index in [0.717, 1.165) is 5.57 Å². The van der Waals surface area contributed by atoms with E-state index >= 15 is 0 Å².